The molecule has 32 heavy (non-hydrogen) atoms. The van der Waals surface area contributed by atoms with Crippen molar-refractivity contribution in [2.75, 3.05) is 11.6 Å². The van der Waals surface area contributed by atoms with Crippen LogP contribution < -0.4 is 5.32 Å². The minimum atomic E-state index is -4.53. The van der Waals surface area contributed by atoms with Gasteiger partial charge in [0, 0.05) is 36.2 Å². The highest BCUT2D eigenvalue weighted by atomic mass is 32.2. The van der Waals surface area contributed by atoms with Crippen LogP contribution in [-0.2, 0) is 28.9 Å². The number of hydrogen-bond acceptors (Lipinski definition) is 6. The van der Waals surface area contributed by atoms with Crippen molar-refractivity contribution in [3.8, 4) is 0 Å². The lowest BCUT2D eigenvalue weighted by atomic mass is 10.1. The number of anilines is 2. The van der Waals surface area contributed by atoms with Gasteiger partial charge >= 0.3 is 6.18 Å². The molecule has 2 aromatic heterocycles. The van der Waals surface area contributed by atoms with Crippen LogP contribution in [0.25, 0.3) is 0 Å². The Balaban J connectivity index is 1.74. The van der Waals surface area contributed by atoms with E-state index >= 15 is 0 Å². The Hall–Kier alpha value is -3.27. The summed E-state index contributed by atoms with van der Waals surface area (Å²) in [7, 11) is -3.49. The van der Waals surface area contributed by atoms with E-state index in [0.717, 1.165) is 18.0 Å². The van der Waals surface area contributed by atoms with Crippen molar-refractivity contribution in [2.45, 2.75) is 30.8 Å². The third-order valence-electron chi connectivity index (χ3n) is 4.86. The molecule has 1 aromatic carbocycles. The topological polar surface area (TPSA) is 84.3 Å². The van der Waals surface area contributed by atoms with Crippen molar-refractivity contribution >= 4 is 32.6 Å². The van der Waals surface area contributed by atoms with Gasteiger partial charge in [-0.15, -0.1) is 0 Å². The first-order chi connectivity index (χ1) is 15.0. The van der Waals surface area contributed by atoms with Crippen LogP contribution in [0.5, 0.6) is 0 Å². The number of rotatable bonds is 5. The molecule has 166 valence electrons. The molecule has 0 atom stereocenters. The predicted molar refractivity (Wildman–Crippen MR) is 116 cm³/mol. The summed E-state index contributed by atoms with van der Waals surface area (Å²) in [5.41, 5.74) is 2.77. The molecule has 3 aromatic rings. The first kappa shape index (κ1) is 21.9. The van der Waals surface area contributed by atoms with Crippen LogP contribution in [0.3, 0.4) is 0 Å². The second kappa shape index (κ2) is 8.01. The second-order valence-corrected chi connectivity index (χ2v) is 9.55. The van der Waals surface area contributed by atoms with E-state index in [2.05, 4.69) is 20.3 Å². The lowest BCUT2D eigenvalue weighted by Crippen LogP contribution is -2.10. The number of alkyl halides is 3. The minimum absolute atomic E-state index is 0.0820. The third kappa shape index (κ3) is 4.64. The zero-order valence-corrected chi connectivity index (χ0v) is 18.0. The van der Waals surface area contributed by atoms with E-state index in [1.54, 1.807) is 24.3 Å². The first-order valence-electron chi connectivity index (χ1n) is 9.67. The largest absolute Gasteiger partial charge is 0.433 e. The van der Waals surface area contributed by atoms with Crippen molar-refractivity contribution in [3.05, 3.63) is 71.3 Å². The molecule has 0 radical (unpaired) electrons. The molecule has 1 aliphatic heterocycles. The van der Waals surface area contributed by atoms with E-state index in [-0.39, 0.29) is 17.0 Å². The van der Waals surface area contributed by atoms with E-state index in [9.17, 15) is 21.6 Å². The van der Waals surface area contributed by atoms with Crippen LogP contribution in [0.2, 0.25) is 0 Å². The Morgan fingerprint density at radius 1 is 1.00 bits per heavy atom. The maximum atomic E-state index is 13.0. The Bertz CT molecular complexity index is 1340. The Labute approximate surface area is 183 Å². The Morgan fingerprint density at radius 3 is 2.47 bits per heavy atom. The highest BCUT2D eigenvalue weighted by Gasteiger charge is 2.32. The van der Waals surface area contributed by atoms with Gasteiger partial charge in [-0.3, -0.25) is 9.98 Å². The zero-order valence-electron chi connectivity index (χ0n) is 17.2. The number of para-hydroxylation sites is 1. The maximum absolute atomic E-state index is 13.0. The Morgan fingerprint density at radius 2 is 1.75 bits per heavy atom. The number of aromatic nitrogens is 2. The number of pyridine rings is 2. The molecule has 0 fully saturated rings. The van der Waals surface area contributed by atoms with E-state index in [4.69, 9.17) is 0 Å². The monoisotopic (exact) mass is 460 g/mol. The quantitative estimate of drug-likeness (QED) is 0.587. The standard InChI is InChI=1S/C22H19F3N4O2S/c1-13-10-17-21(26-13)18(29-16-7-3-4-8-19(16)32(2,30)31)12-15(27-17)11-14-6-5-9-20(28-14)22(23,24)25/h3-9,12H,10-11H2,1-2H3,(H,27,29). The highest BCUT2D eigenvalue weighted by molar-refractivity contribution is 7.90. The smallest absolute Gasteiger partial charge is 0.353 e. The van der Waals surface area contributed by atoms with Crippen LogP contribution in [-0.4, -0.2) is 30.4 Å². The third-order valence-corrected chi connectivity index (χ3v) is 6.01. The van der Waals surface area contributed by atoms with E-state index < -0.39 is 21.7 Å². The van der Waals surface area contributed by atoms with Crippen molar-refractivity contribution in [3.63, 3.8) is 0 Å². The number of halogens is 3. The number of nitrogens with zero attached hydrogens (tertiary/aromatic N) is 3. The summed E-state index contributed by atoms with van der Waals surface area (Å²) in [6.07, 6.45) is -2.83. The molecule has 0 aliphatic carbocycles. The van der Waals surface area contributed by atoms with E-state index in [1.807, 2.05) is 6.92 Å². The van der Waals surface area contributed by atoms with Crippen molar-refractivity contribution in [2.24, 2.45) is 4.99 Å². The molecule has 3 heterocycles. The summed E-state index contributed by atoms with van der Waals surface area (Å²) < 4.78 is 63.4. The number of benzene rings is 1. The molecule has 1 N–H and O–H groups in total. The Kier molecular flexibility index (Phi) is 5.49. The summed E-state index contributed by atoms with van der Waals surface area (Å²) in [6, 6.07) is 11.9. The molecule has 0 spiro atoms. The second-order valence-electron chi connectivity index (χ2n) is 7.56. The van der Waals surface area contributed by atoms with E-state index in [0.29, 0.717) is 34.9 Å². The summed E-state index contributed by atoms with van der Waals surface area (Å²) in [5, 5.41) is 3.14. The molecule has 1 aliphatic rings. The van der Waals surface area contributed by atoms with Crippen LogP contribution in [0.4, 0.5) is 30.2 Å². The molecular weight excluding hydrogens is 441 g/mol. The minimum Gasteiger partial charge on any atom is -0.353 e. The number of fused-ring (bicyclic) bond motifs is 1. The van der Waals surface area contributed by atoms with E-state index in [1.165, 1.54) is 18.2 Å². The predicted octanol–water partition coefficient (Wildman–Crippen LogP) is 4.88. The fourth-order valence-electron chi connectivity index (χ4n) is 3.52. The number of nitrogens with one attached hydrogen (secondary N) is 1. The lowest BCUT2D eigenvalue weighted by Gasteiger charge is -2.15. The van der Waals surface area contributed by atoms with Crippen molar-refractivity contribution in [1.29, 1.82) is 0 Å². The lowest BCUT2D eigenvalue weighted by molar-refractivity contribution is -0.141. The number of sulfone groups is 1. The van der Waals surface area contributed by atoms with Gasteiger partial charge in [-0.2, -0.15) is 13.2 Å². The molecule has 6 nitrogen and oxygen atoms in total. The van der Waals surface area contributed by atoms with Gasteiger partial charge in [0.2, 0.25) is 0 Å². The normalized spacial score (nSPS) is 13.6. The van der Waals surface area contributed by atoms with Gasteiger partial charge in [-0.05, 0) is 37.3 Å². The van der Waals surface area contributed by atoms with Crippen molar-refractivity contribution in [1.82, 2.24) is 9.97 Å². The average Bonchev–Trinajstić information content (AvgIpc) is 3.08. The summed E-state index contributed by atoms with van der Waals surface area (Å²) >= 11 is 0. The summed E-state index contributed by atoms with van der Waals surface area (Å²) in [4.78, 5) is 12.9. The molecule has 0 unspecified atom stereocenters. The van der Waals surface area contributed by atoms with Crippen LogP contribution in [0.15, 0.2) is 58.4 Å². The zero-order chi connectivity index (χ0) is 23.1. The molecule has 0 bridgehead atoms. The molecule has 10 heteroatoms. The van der Waals surface area contributed by atoms with Gasteiger partial charge in [-0.1, -0.05) is 18.2 Å². The van der Waals surface area contributed by atoms with Gasteiger partial charge in [0.15, 0.2) is 9.84 Å². The summed E-state index contributed by atoms with van der Waals surface area (Å²) in [6.45, 7) is 1.85. The van der Waals surface area contributed by atoms with Crippen molar-refractivity contribution < 1.29 is 21.6 Å². The fraction of sp³-hybridized carbons (Fsp3) is 0.227. The molecule has 0 amide bonds. The van der Waals surface area contributed by atoms with Gasteiger partial charge < -0.3 is 5.32 Å². The molecular formula is C22H19F3N4O2S. The average molecular weight is 460 g/mol. The molecule has 0 saturated carbocycles. The van der Waals surface area contributed by atoms with Crippen LogP contribution in [0.1, 0.15) is 29.7 Å². The maximum Gasteiger partial charge on any atom is 0.433 e. The van der Waals surface area contributed by atoms with Gasteiger partial charge in [0.1, 0.15) is 11.4 Å². The van der Waals surface area contributed by atoms with Gasteiger partial charge in [0.05, 0.1) is 22.0 Å². The SMILES string of the molecule is CC1=Nc2c(Nc3ccccc3S(C)(=O)=O)cc(Cc3cccc(C(F)(F)F)n3)nc2C1. The van der Waals surface area contributed by atoms with Gasteiger partial charge in [0.25, 0.3) is 0 Å². The van der Waals surface area contributed by atoms with Crippen LogP contribution in [0, 0.1) is 0 Å². The molecule has 0 saturated heterocycles. The first-order valence-corrected chi connectivity index (χ1v) is 11.6. The molecule has 4 rings (SSSR count). The van der Waals surface area contributed by atoms with Crippen LogP contribution >= 0.6 is 0 Å². The number of aliphatic imine (C=N–C) groups is 1. The number of hydrogen-bond donors (Lipinski definition) is 1. The fourth-order valence-corrected chi connectivity index (χ4v) is 4.36. The highest BCUT2D eigenvalue weighted by Crippen LogP contribution is 2.37. The summed E-state index contributed by atoms with van der Waals surface area (Å²) in [5.74, 6) is 0. The van der Waals surface area contributed by atoms with Gasteiger partial charge in [-0.25, -0.2) is 13.4 Å².